The molecule has 0 aliphatic rings. The molecule has 0 bridgehead atoms. The van der Waals surface area contributed by atoms with Gasteiger partial charge in [-0.25, -0.2) is 13.2 Å². The molecule has 0 fully saturated rings. The van der Waals surface area contributed by atoms with Crippen LogP contribution < -0.4 is 4.74 Å². The SMILES string of the molecule is C=CCOc1ccc(C#Cc2ccc(C#Cc3ccc4cc(F)c(F)cc4c3)cc2)c(F)c1. The number of halogens is 3. The molecule has 160 valence electrons. The standard InChI is InChI=1S/C29H17F3O/c1-2-15-33-26-14-13-23(27(30)19-26)11-9-21-5-3-20(4-6-21)7-8-22-10-12-24-17-28(31)29(32)18-25(24)16-22/h2-6,10,12-14,16-19H,1,15H2. The van der Waals surface area contributed by atoms with Crippen LogP contribution in [0, 0.1) is 41.1 Å². The van der Waals surface area contributed by atoms with E-state index < -0.39 is 17.5 Å². The van der Waals surface area contributed by atoms with Crippen molar-refractivity contribution in [2.45, 2.75) is 0 Å². The predicted molar refractivity (Wildman–Crippen MR) is 124 cm³/mol. The molecular weight excluding hydrogens is 421 g/mol. The van der Waals surface area contributed by atoms with Crippen LogP contribution in [0.1, 0.15) is 22.3 Å². The van der Waals surface area contributed by atoms with E-state index in [1.165, 1.54) is 12.1 Å². The van der Waals surface area contributed by atoms with Gasteiger partial charge in [0.05, 0.1) is 5.56 Å². The van der Waals surface area contributed by atoms with Gasteiger partial charge in [0, 0.05) is 22.8 Å². The summed E-state index contributed by atoms with van der Waals surface area (Å²) in [6.45, 7) is 3.86. The van der Waals surface area contributed by atoms with Crippen molar-refractivity contribution >= 4 is 10.8 Å². The van der Waals surface area contributed by atoms with E-state index in [1.54, 1.807) is 48.5 Å². The van der Waals surface area contributed by atoms with Crippen molar-refractivity contribution < 1.29 is 17.9 Å². The Labute approximate surface area is 190 Å². The van der Waals surface area contributed by atoms with Gasteiger partial charge in [0.1, 0.15) is 18.2 Å². The second-order valence-electron chi connectivity index (χ2n) is 7.15. The van der Waals surface area contributed by atoms with Crippen LogP contribution in [-0.2, 0) is 0 Å². The zero-order chi connectivity index (χ0) is 23.2. The molecule has 0 aliphatic carbocycles. The van der Waals surface area contributed by atoms with Crippen LogP contribution in [0.2, 0.25) is 0 Å². The molecule has 0 radical (unpaired) electrons. The molecule has 4 heteroatoms. The summed E-state index contributed by atoms with van der Waals surface area (Å²) in [6.07, 6.45) is 1.59. The molecule has 0 spiro atoms. The molecular formula is C29H17F3O. The van der Waals surface area contributed by atoms with Gasteiger partial charge < -0.3 is 4.74 Å². The maximum absolute atomic E-state index is 14.2. The maximum Gasteiger partial charge on any atom is 0.159 e. The third-order valence-corrected chi connectivity index (χ3v) is 4.77. The zero-order valence-corrected chi connectivity index (χ0v) is 17.5. The van der Waals surface area contributed by atoms with E-state index in [-0.39, 0.29) is 5.56 Å². The van der Waals surface area contributed by atoms with Gasteiger partial charge in [-0.2, -0.15) is 0 Å². The highest BCUT2D eigenvalue weighted by atomic mass is 19.2. The van der Waals surface area contributed by atoms with Gasteiger partial charge in [-0.1, -0.05) is 42.4 Å². The first-order chi connectivity index (χ1) is 16.0. The minimum Gasteiger partial charge on any atom is -0.489 e. The van der Waals surface area contributed by atoms with Crippen LogP contribution in [0.25, 0.3) is 10.8 Å². The van der Waals surface area contributed by atoms with E-state index in [4.69, 9.17) is 4.74 Å². The van der Waals surface area contributed by atoms with E-state index in [1.807, 2.05) is 12.1 Å². The molecule has 0 saturated heterocycles. The summed E-state index contributed by atoms with van der Waals surface area (Å²) >= 11 is 0. The maximum atomic E-state index is 14.2. The number of hydrogen-bond acceptors (Lipinski definition) is 1. The van der Waals surface area contributed by atoms with Gasteiger partial charge >= 0.3 is 0 Å². The molecule has 0 saturated carbocycles. The van der Waals surface area contributed by atoms with E-state index in [0.717, 1.165) is 17.2 Å². The molecule has 4 aromatic carbocycles. The first kappa shape index (κ1) is 21.8. The van der Waals surface area contributed by atoms with Crippen molar-refractivity contribution in [2.24, 2.45) is 0 Å². The average molecular weight is 438 g/mol. The fourth-order valence-corrected chi connectivity index (χ4v) is 3.08. The molecule has 4 aromatic rings. The second kappa shape index (κ2) is 9.81. The van der Waals surface area contributed by atoms with Crippen molar-refractivity contribution in [1.82, 2.24) is 0 Å². The highest BCUT2D eigenvalue weighted by Gasteiger charge is 2.04. The van der Waals surface area contributed by atoms with Crippen LogP contribution in [-0.4, -0.2) is 6.61 Å². The summed E-state index contributed by atoms with van der Waals surface area (Å²) in [5.74, 6) is 10.0. The van der Waals surface area contributed by atoms with Gasteiger partial charge in [0.25, 0.3) is 0 Å². The summed E-state index contributed by atoms with van der Waals surface area (Å²) in [7, 11) is 0. The highest BCUT2D eigenvalue weighted by molar-refractivity contribution is 5.84. The Bertz CT molecular complexity index is 1460. The summed E-state index contributed by atoms with van der Waals surface area (Å²) in [5.41, 5.74) is 2.45. The van der Waals surface area contributed by atoms with Crippen molar-refractivity contribution in [1.29, 1.82) is 0 Å². The number of rotatable bonds is 3. The molecule has 0 atom stereocenters. The highest BCUT2D eigenvalue weighted by Crippen LogP contribution is 2.20. The van der Waals surface area contributed by atoms with Gasteiger partial charge in [-0.15, -0.1) is 0 Å². The third kappa shape index (κ3) is 5.45. The lowest BCUT2D eigenvalue weighted by molar-refractivity contribution is 0.361. The Hall–Kier alpha value is -4.41. The lowest BCUT2D eigenvalue weighted by Crippen LogP contribution is -1.94. The predicted octanol–water partition coefficient (Wildman–Crippen LogP) is 6.62. The minimum atomic E-state index is -0.888. The molecule has 0 unspecified atom stereocenters. The first-order valence-corrected chi connectivity index (χ1v) is 10.1. The summed E-state index contributed by atoms with van der Waals surface area (Å²) in [6, 6.07) is 19.3. The lowest BCUT2D eigenvalue weighted by Gasteiger charge is -2.03. The molecule has 0 heterocycles. The van der Waals surface area contributed by atoms with E-state index >= 15 is 0 Å². The Balaban J connectivity index is 1.48. The number of fused-ring (bicyclic) bond motifs is 1. The van der Waals surface area contributed by atoms with E-state index in [9.17, 15) is 13.2 Å². The monoisotopic (exact) mass is 438 g/mol. The lowest BCUT2D eigenvalue weighted by atomic mass is 10.1. The quantitative estimate of drug-likeness (QED) is 0.258. The van der Waals surface area contributed by atoms with Crippen molar-refractivity contribution in [3.05, 3.63) is 125 Å². The van der Waals surface area contributed by atoms with Gasteiger partial charge in [-0.3, -0.25) is 0 Å². The Morgan fingerprint density at radius 2 is 1.24 bits per heavy atom. The first-order valence-electron chi connectivity index (χ1n) is 10.1. The van der Waals surface area contributed by atoms with Crippen LogP contribution in [0.3, 0.4) is 0 Å². The van der Waals surface area contributed by atoms with Crippen LogP contribution in [0.15, 0.2) is 85.5 Å². The van der Waals surface area contributed by atoms with Gasteiger partial charge in [0.15, 0.2) is 11.6 Å². The number of hydrogen-bond donors (Lipinski definition) is 0. The van der Waals surface area contributed by atoms with Crippen LogP contribution >= 0.6 is 0 Å². The van der Waals surface area contributed by atoms with E-state index in [0.29, 0.717) is 28.7 Å². The smallest absolute Gasteiger partial charge is 0.159 e. The fraction of sp³-hybridized carbons (Fsp3) is 0.0345. The number of benzene rings is 4. The summed E-state index contributed by atoms with van der Waals surface area (Å²) in [4.78, 5) is 0. The summed E-state index contributed by atoms with van der Waals surface area (Å²) in [5, 5.41) is 1.19. The average Bonchev–Trinajstić information content (AvgIpc) is 2.82. The minimum absolute atomic E-state index is 0.275. The Morgan fingerprint density at radius 3 is 1.91 bits per heavy atom. The zero-order valence-electron chi connectivity index (χ0n) is 17.5. The van der Waals surface area contributed by atoms with E-state index in [2.05, 4.69) is 30.3 Å². The van der Waals surface area contributed by atoms with Gasteiger partial charge in [-0.05, 0) is 71.4 Å². The van der Waals surface area contributed by atoms with Crippen molar-refractivity contribution in [3.8, 4) is 29.4 Å². The molecule has 0 amide bonds. The Morgan fingerprint density at radius 1 is 0.636 bits per heavy atom. The topological polar surface area (TPSA) is 9.23 Å². The second-order valence-corrected chi connectivity index (χ2v) is 7.15. The summed E-state index contributed by atoms with van der Waals surface area (Å²) < 4.78 is 46.3. The molecule has 0 aliphatic heterocycles. The largest absolute Gasteiger partial charge is 0.489 e. The third-order valence-electron chi connectivity index (χ3n) is 4.77. The molecule has 0 aromatic heterocycles. The van der Waals surface area contributed by atoms with Crippen molar-refractivity contribution in [2.75, 3.05) is 6.61 Å². The van der Waals surface area contributed by atoms with Crippen LogP contribution in [0.4, 0.5) is 13.2 Å². The molecule has 1 nitrogen and oxygen atoms in total. The van der Waals surface area contributed by atoms with Gasteiger partial charge in [0.2, 0.25) is 0 Å². The van der Waals surface area contributed by atoms with Crippen molar-refractivity contribution in [3.63, 3.8) is 0 Å². The fourth-order valence-electron chi connectivity index (χ4n) is 3.08. The normalized spacial score (nSPS) is 10.0. The molecule has 0 N–H and O–H groups in total. The van der Waals surface area contributed by atoms with Crippen LogP contribution in [0.5, 0.6) is 5.75 Å². The number of ether oxygens (including phenoxy) is 1. The molecule has 4 rings (SSSR count). The molecule has 33 heavy (non-hydrogen) atoms. The Kier molecular flexibility index (Phi) is 6.48.